The maximum atomic E-state index is 13.1. The number of carbonyl (C=O) groups is 1. The Kier molecular flexibility index (Phi) is 5.48. The number of nitrogens with two attached hydrogens (primary N) is 2. The van der Waals surface area contributed by atoms with Gasteiger partial charge < -0.3 is 16.2 Å². The molecule has 8 heteroatoms. The van der Waals surface area contributed by atoms with Crippen molar-refractivity contribution in [1.82, 2.24) is 0 Å². The second kappa shape index (κ2) is 7.13. The van der Waals surface area contributed by atoms with Crippen LogP contribution in [0.25, 0.3) is 5.57 Å². The van der Waals surface area contributed by atoms with E-state index in [4.69, 9.17) is 16.2 Å². The van der Waals surface area contributed by atoms with Gasteiger partial charge in [0.1, 0.15) is 11.2 Å². The number of alkyl halides is 3. The Labute approximate surface area is 149 Å². The number of primary amides is 1. The van der Waals surface area contributed by atoms with Crippen molar-refractivity contribution in [2.75, 3.05) is 0 Å². The molecule has 2 unspecified atom stereocenters. The standard InChI is InChI=1S/C18H21F3N2O3/c1-16(2,25-15(23)24)11-17(26-18(19,20)21)9-8-13(10-14(17)22)12-6-4-3-5-7-12/h3-10,14H,11,22H2,1-2H3,(H2,23,24). The van der Waals surface area contributed by atoms with E-state index in [1.54, 1.807) is 0 Å². The molecule has 0 radical (unpaired) electrons. The number of ether oxygens (including phenoxy) is 2. The van der Waals surface area contributed by atoms with Gasteiger partial charge in [0.05, 0.1) is 6.04 Å². The summed E-state index contributed by atoms with van der Waals surface area (Å²) in [6.07, 6.45) is -2.07. The third-order valence-corrected chi connectivity index (χ3v) is 3.96. The fourth-order valence-corrected chi connectivity index (χ4v) is 3.06. The molecule has 0 aromatic heterocycles. The fraction of sp³-hybridized carbons (Fsp3) is 0.389. The zero-order chi connectivity index (χ0) is 19.6. The molecule has 2 atom stereocenters. The minimum atomic E-state index is -4.93. The van der Waals surface area contributed by atoms with Crippen LogP contribution in [0.5, 0.6) is 0 Å². The molecule has 0 bridgehead atoms. The first-order valence-electron chi connectivity index (χ1n) is 7.90. The summed E-state index contributed by atoms with van der Waals surface area (Å²) in [6.45, 7) is 2.88. The molecule has 1 aromatic carbocycles. The van der Waals surface area contributed by atoms with Gasteiger partial charge in [0.15, 0.2) is 0 Å². The number of benzene rings is 1. The molecule has 0 saturated carbocycles. The van der Waals surface area contributed by atoms with Gasteiger partial charge in [0.2, 0.25) is 0 Å². The molecule has 2 rings (SSSR count). The molecule has 1 aliphatic rings. The molecule has 26 heavy (non-hydrogen) atoms. The van der Waals surface area contributed by atoms with Crippen molar-refractivity contribution in [3.63, 3.8) is 0 Å². The van der Waals surface area contributed by atoms with Gasteiger partial charge in [-0.15, -0.1) is 13.2 Å². The van der Waals surface area contributed by atoms with Crippen molar-refractivity contribution >= 4 is 11.7 Å². The fourth-order valence-electron chi connectivity index (χ4n) is 3.06. The highest BCUT2D eigenvalue weighted by molar-refractivity contribution is 5.76. The molecule has 5 nitrogen and oxygen atoms in total. The second-order valence-corrected chi connectivity index (χ2v) is 6.71. The molecule has 4 N–H and O–H groups in total. The van der Waals surface area contributed by atoms with Crippen molar-refractivity contribution in [2.45, 2.75) is 43.9 Å². The van der Waals surface area contributed by atoms with E-state index in [1.807, 2.05) is 30.3 Å². The summed E-state index contributed by atoms with van der Waals surface area (Å²) in [4.78, 5) is 11.0. The van der Waals surface area contributed by atoms with Crippen LogP contribution in [0, 0.1) is 0 Å². The van der Waals surface area contributed by atoms with Gasteiger partial charge in [-0.1, -0.05) is 42.5 Å². The Morgan fingerprint density at radius 3 is 2.35 bits per heavy atom. The number of rotatable bonds is 5. The van der Waals surface area contributed by atoms with Gasteiger partial charge in [-0.2, -0.15) is 0 Å². The molecule has 0 fully saturated rings. The molecule has 0 spiro atoms. The van der Waals surface area contributed by atoms with Gasteiger partial charge in [0, 0.05) is 6.42 Å². The monoisotopic (exact) mass is 370 g/mol. The first-order valence-corrected chi connectivity index (χ1v) is 7.90. The second-order valence-electron chi connectivity index (χ2n) is 6.71. The summed E-state index contributed by atoms with van der Waals surface area (Å²) < 4.78 is 48.5. The molecule has 1 aliphatic carbocycles. The Morgan fingerprint density at radius 1 is 1.23 bits per heavy atom. The predicted octanol–water partition coefficient (Wildman–Crippen LogP) is 3.51. The number of allylic oxidation sites excluding steroid dienone is 2. The lowest BCUT2D eigenvalue weighted by Crippen LogP contribution is -2.55. The summed E-state index contributed by atoms with van der Waals surface area (Å²) in [7, 11) is 0. The van der Waals surface area contributed by atoms with Gasteiger partial charge in [-0.25, -0.2) is 4.79 Å². The van der Waals surface area contributed by atoms with Gasteiger partial charge in [-0.05, 0) is 31.1 Å². The quantitative estimate of drug-likeness (QED) is 0.830. The number of carbonyl (C=O) groups excluding carboxylic acids is 1. The lowest BCUT2D eigenvalue weighted by molar-refractivity contribution is -0.363. The summed E-state index contributed by atoms with van der Waals surface area (Å²) in [5.41, 5.74) is 9.29. The molecule has 0 heterocycles. The summed E-state index contributed by atoms with van der Waals surface area (Å²) in [5.74, 6) is 0. The first kappa shape index (κ1) is 20.0. The van der Waals surface area contributed by atoms with Crippen molar-refractivity contribution in [3.05, 3.63) is 54.1 Å². The largest absolute Gasteiger partial charge is 0.523 e. The molecular weight excluding hydrogens is 349 g/mol. The van der Waals surface area contributed by atoms with Crippen LogP contribution >= 0.6 is 0 Å². The van der Waals surface area contributed by atoms with Gasteiger partial charge >= 0.3 is 12.5 Å². The van der Waals surface area contributed by atoms with Crippen LogP contribution in [0.3, 0.4) is 0 Å². The highest BCUT2D eigenvalue weighted by Crippen LogP contribution is 2.40. The zero-order valence-electron chi connectivity index (χ0n) is 14.4. The van der Waals surface area contributed by atoms with Crippen LogP contribution in [-0.2, 0) is 9.47 Å². The molecule has 142 valence electrons. The Morgan fingerprint density at radius 2 is 1.85 bits per heavy atom. The van der Waals surface area contributed by atoms with E-state index in [2.05, 4.69) is 4.74 Å². The van der Waals surface area contributed by atoms with Crippen LogP contribution in [-0.4, -0.2) is 29.7 Å². The van der Waals surface area contributed by atoms with Gasteiger partial charge in [0.25, 0.3) is 0 Å². The summed E-state index contributed by atoms with van der Waals surface area (Å²) in [5, 5.41) is 0. The van der Waals surface area contributed by atoms with Crippen LogP contribution in [0.4, 0.5) is 18.0 Å². The molecule has 0 aliphatic heterocycles. The highest BCUT2D eigenvalue weighted by atomic mass is 19.4. The SMILES string of the molecule is CC(C)(CC1(OC(F)(F)F)C=CC(c2ccccc2)=CC1N)OC(N)=O. The van der Waals surface area contributed by atoms with Crippen LogP contribution < -0.4 is 11.5 Å². The van der Waals surface area contributed by atoms with Crippen LogP contribution in [0.2, 0.25) is 0 Å². The summed E-state index contributed by atoms with van der Waals surface area (Å²) >= 11 is 0. The van der Waals surface area contributed by atoms with E-state index in [0.717, 1.165) is 5.56 Å². The molecule has 0 saturated heterocycles. The Balaban J connectivity index is 2.36. The smallest absolute Gasteiger partial charge is 0.444 e. The highest BCUT2D eigenvalue weighted by Gasteiger charge is 2.50. The van der Waals surface area contributed by atoms with Crippen molar-refractivity contribution in [1.29, 1.82) is 0 Å². The molecule has 1 aromatic rings. The van der Waals surface area contributed by atoms with Crippen molar-refractivity contribution in [3.8, 4) is 0 Å². The minimum Gasteiger partial charge on any atom is -0.444 e. The van der Waals surface area contributed by atoms with E-state index in [9.17, 15) is 18.0 Å². The van der Waals surface area contributed by atoms with Crippen molar-refractivity contribution < 1.29 is 27.4 Å². The molecule has 1 amide bonds. The number of amides is 1. The Hall–Kier alpha value is -2.32. The minimum absolute atomic E-state index is 0.335. The van der Waals surface area contributed by atoms with E-state index >= 15 is 0 Å². The van der Waals surface area contributed by atoms with E-state index < -0.39 is 29.7 Å². The average Bonchev–Trinajstić information content (AvgIpc) is 2.47. The lowest BCUT2D eigenvalue weighted by Gasteiger charge is -2.42. The first-order chi connectivity index (χ1) is 11.9. The van der Waals surface area contributed by atoms with Crippen LogP contribution in [0.15, 0.2) is 48.6 Å². The zero-order valence-corrected chi connectivity index (χ0v) is 14.4. The van der Waals surface area contributed by atoms with E-state index in [0.29, 0.717) is 5.57 Å². The maximum absolute atomic E-state index is 13.1. The Bertz CT molecular complexity index is 714. The van der Waals surface area contributed by atoms with Crippen LogP contribution in [0.1, 0.15) is 25.8 Å². The number of hydrogen-bond acceptors (Lipinski definition) is 4. The van der Waals surface area contributed by atoms with E-state index in [1.165, 1.54) is 32.1 Å². The predicted molar refractivity (Wildman–Crippen MR) is 90.8 cm³/mol. The van der Waals surface area contributed by atoms with Gasteiger partial charge in [-0.3, -0.25) is 4.74 Å². The normalized spacial score (nSPS) is 23.5. The van der Waals surface area contributed by atoms with Crippen molar-refractivity contribution in [2.24, 2.45) is 11.5 Å². The molecular formula is C18H21F3N2O3. The summed E-state index contributed by atoms with van der Waals surface area (Å²) in [6, 6.07) is 7.97. The van der Waals surface area contributed by atoms with E-state index in [-0.39, 0.29) is 6.42 Å². The number of hydrogen-bond donors (Lipinski definition) is 2. The number of halogens is 3. The average molecular weight is 370 g/mol. The third kappa shape index (κ3) is 5.09. The maximum Gasteiger partial charge on any atom is 0.523 e. The lowest BCUT2D eigenvalue weighted by atomic mass is 9.78. The topological polar surface area (TPSA) is 87.6 Å². The third-order valence-electron chi connectivity index (χ3n) is 3.96.